The highest BCUT2D eigenvalue weighted by molar-refractivity contribution is 5.98. The maximum Gasteiger partial charge on any atom is 0.261 e. The van der Waals surface area contributed by atoms with Crippen molar-refractivity contribution in [3.8, 4) is 5.75 Å². The molecule has 0 N–H and O–H groups in total. The highest BCUT2D eigenvalue weighted by atomic mass is 16.5. The Hall–Kier alpha value is -3.68. The van der Waals surface area contributed by atoms with Crippen LogP contribution in [0.15, 0.2) is 59.7 Å². The van der Waals surface area contributed by atoms with E-state index in [1.165, 1.54) is 15.8 Å². The van der Waals surface area contributed by atoms with E-state index < -0.39 is 0 Å². The molecular formula is C22H22N4O4. The lowest BCUT2D eigenvalue weighted by Gasteiger charge is -2.39. The molecule has 0 spiro atoms. The van der Waals surface area contributed by atoms with E-state index in [0.29, 0.717) is 23.2 Å². The fourth-order valence-corrected chi connectivity index (χ4v) is 3.76. The van der Waals surface area contributed by atoms with Crippen molar-refractivity contribution in [3.05, 3.63) is 65.2 Å². The van der Waals surface area contributed by atoms with Gasteiger partial charge in [0.1, 0.15) is 18.8 Å². The van der Waals surface area contributed by atoms with E-state index >= 15 is 0 Å². The fraction of sp³-hybridized carbons (Fsp3) is 0.273. The molecule has 0 radical (unpaired) electrons. The fourth-order valence-electron chi connectivity index (χ4n) is 3.76. The van der Waals surface area contributed by atoms with Gasteiger partial charge in [-0.2, -0.15) is 0 Å². The summed E-state index contributed by atoms with van der Waals surface area (Å²) < 4.78 is 6.53. The summed E-state index contributed by atoms with van der Waals surface area (Å²) in [6.45, 7) is 2.06. The molecule has 1 aliphatic heterocycles. The molecule has 0 bridgehead atoms. The minimum atomic E-state index is -0.292. The van der Waals surface area contributed by atoms with Crippen molar-refractivity contribution in [2.45, 2.75) is 19.5 Å². The highest BCUT2D eigenvalue weighted by Gasteiger charge is 2.33. The lowest BCUT2D eigenvalue weighted by Crippen LogP contribution is -2.57. The SMILES string of the molecule is COc1cccc(N2C(=O)CN(C(=O)Cn3cnc4ccccc4c3=O)C[C@H]2C)c1. The molecule has 2 aromatic carbocycles. The average molecular weight is 406 g/mol. The zero-order chi connectivity index (χ0) is 21.3. The Morgan fingerprint density at radius 1 is 1.17 bits per heavy atom. The summed E-state index contributed by atoms with van der Waals surface area (Å²) in [4.78, 5) is 45.7. The predicted octanol–water partition coefficient (Wildman–Crippen LogP) is 1.67. The number of carbonyl (C=O) groups excluding carboxylic acids is 2. The number of anilines is 1. The van der Waals surface area contributed by atoms with Gasteiger partial charge in [0.2, 0.25) is 11.8 Å². The second kappa shape index (κ2) is 7.98. The second-order valence-electron chi connectivity index (χ2n) is 7.28. The molecule has 2 amide bonds. The van der Waals surface area contributed by atoms with Crippen LogP contribution < -0.4 is 15.2 Å². The molecule has 4 rings (SSSR count). The summed E-state index contributed by atoms with van der Waals surface area (Å²) in [7, 11) is 1.57. The Bertz CT molecular complexity index is 1170. The Morgan fingerprint density at radius 2 is 1.97 bits per heavy atom. The van der Waals surface area contributed by atoms with E-state index in [1.54, 1.807) is 42.3 Å². The number of fused-ring (bicyclic) bond motifs is 1. The van der Waals surface area contributed by atoms with Crippen LogP contribution in [-0.4, -0.2) is 52.5 Å². The topological polar surface area (TPSA) is 84.7 Å². The van der Waals surface area contributed by atoms with E-state index in [1.807, 2.05) is 25.1 Å². The van der Waals surface area contributed by atoms with Crippen molar-refractivity contribution in [2.24, 2.45) is 0 Å². The van der Waals surface area contributed by atoms with Crippen LogP contribution in [0.4, 0.5) is 5.69 Å². The van der Waals surface area contributed by atoms with E-state index in [2.05, 4.69) is 4.98 Å². The van der Waals surface area contributed by atoms with Gasteiger partial charge in [0.25, 0.3) is 5.56 Å². The van der Waals surface area contributed by atoms with Gasteiger partial charge in [-0.05, 0) is 31.2 Å². The number of hydrogen-bond acceptors (Lipinski definition) is 5. The van der Waals surface area contributed by atoms with Gasteiger partial charge in [-0.1, -0.05) is 18.2 Å². The number of para-hydroxylation sites is 1. The smallest absolute Gasteiger partial charge is 0.261 e. The van der Waals surface area contributed by atoms with Crippen LogP contribution in [0, 0.1) is 0 Å². The summed E-state index contributed by atoms with van der Waals surface area (Å²) in [5, 5.41) is 0.458. The number of benzene rings is 2. The monoisotopic (exact) mass is 406 g/mol. The van der Waals surface area contributed by atoms with E-state index in [0.717, 1.165) is 5.69 Å². The van der Waals surface area contributed by atoms with Crippen LogP contribution in [0.2, 0.25) is 0 Å². The van der Waals surface area contributed by atoms with Gasteiger partial charge in [-0.15, -0.1) is 0 Å². The minimum Gasteiger partial charge on any atom is -0.497 e. The van der Waals surface area contributed by atoms with Crippen molar-refractivity contribution >= 4 is 28.4 Å². The third kappa shape index (κ3) is 3.63. The Kier molecular flexibility index (Phi) is 5.22. The molecule has 1 aliphatic rings. The number of hydrogen-bond donors (Lipinski definition) is 0. The number of piperazine rings is 1. The lowest BCUT2D eigenvalue weighted by molar-refractivity contribution is -0.138. The first-order valence-corrected chi connectivity index (χ1v) is 9.66. The average Bonchev–Trinajstić information content (AvgIpc) is 2.75. The van der Waals surface area contributed by atoms with Gasteiger partial charge in [0.15, 0.2) is 0 Å². The number of rotatable bonds is 4. The lowest BCUT2D eigenvalue weighted by atomic mass is 10.1. The van der Waals surface area contributed by atoms with Gasteiger partial charge in [0.05, 0.1) is 30.4 Å². The zero-order valence-electron chi connectivity index (χ0n) is 16.8. The van der Waals surface area contributed by atoms with E-state index in [-0.39, 0.29) is 36.5 Å². The van der Waals surface area contributed by atoms with Crippen LogP contribution in [0.3, 0.4) is 0 Å². The quantitative estimate of drug-likeness (QED) is 0.658. The summed E-state index contributed by atoms with van der Waals surface area (Å²) in [6.07, 6.45) is 1.38. The van der Waals surface area contributed by atoms with Gasteiger partial charge in [-0.25, -0.2) is 4.98 Å². The summed E-state index contributed by atoms with van der Waals surface area (Å²) in [6, 6.07) is 14.1. The van der Waals surface area contributed by atoms with E-state index in [9.17, 15) is 14.4 Å². The molecule has 3 aromatic rings. The number of ether oxygens (including phenoxy) is 1. The van der Waals surface area contributed by atoms with Crippen LogP contribution in [0.5, 0.6) is 5.75 Å². The zero-order valence-corrected chi connectivity index (χ0v) is 16.8. The summed E-state index contributed by atoms with van der Waals surface area (Å²) in [5.41, 5.74) is 1.04. The number of aromatic nitrogens is 2. The van der Waals surface area contributed by atoms with E-state index in [4.69, 9.17) is 4.74 Å². The third-order valence-corrected chi connectivity index (χ3v) is 5.24. The predicted molar refractivity (Wildman–Crippen MR) is 113 cm³/mol. The van der Waals surface area contributed by atoms with Gasteiger partial charge >= 0.3 is 0 Å². The first-order valence-electron chi connectivity index (χ1n) is 9.66. The molecule has 1 aromatic heterocycles. The molecule has 8 heteroatoms. The van der Waals surface area contributed by atoms with Crippen LogP contribution >= 0.6 is 0 Å². The van der Waals surface area contributed by atoms with Crippen LogP contribution in [0.25, 0.3) is 10.9 Å². The molecule has 30 heavy (non-hydrogen) atoms. The summed E-state index contributed by atoms with van der Waals surface area (Å²) >= 11 is 0. The van der Waals surface area contributed by atoms with Gasteiger partial charge in [-0.3, -0.25) is 19.0 Å². The summed E-state index contributed by atoms with van der Waals surface area (Å²) in [5.74, 6) is 0.188. The largest absolute Gasteiger partial charge is 0.497 e. The Labute approximate surface area is 173 Å². The number of nitrogens with zero attached hydrogens (tertiary/aromatic N) is 4. The molecular weight excluding hydrogens is 384 g/mol. The minimum absolute atomic E-state index is 0.0455. The number of methoxy groups -OCH3 is 1. The molecule has 0 saturated carbocycles. The van der Waals surface area contributed by atoms with Gasteiger partial charge < -0.3 is 14.5 Å². The molecule has 0 aliphatic carbocycles. The van der Waals surface area contributed by atoms with Crippen molar-refractivity contribution < 1.29 is 14.3 Å². The van der Waals surface area contributed by atoms with Crippen molar-refractivity contribution in [3.63, 3.8) is 0 Å². The second-order valence-corrected chi connectivity index (χ2v) is 7.28. The Balaban J connectivity index is 1.51. The Morgan fingerprint density at radius 3 is 2.73 bits per heavy atom. The highest BCUT2D eigenvalue weighted by Crippen LogP contribution is 2.25. The standard InChI is InChI=1S/C22H22N4O4/c1-15-11-24(13-21(28)26(15)16-6-5-7-17(10-16)30-2)20(27)12-25-14-23-19-9-4-3-8-18(19)22(25)29/h3-10,14-15H,11-13H2,1-2H3/t15-/m1/s1. The van der Waals surface area contributed by atoms with Crippen molar-refractivity contribution in [2.75, 3.05) is 25.1 Å². The molecule has 0 unspecified atom stereocenters. The normalized spacial score (nSPS) is 16.7. The third-order valence-electron chi connectivity index (χ3n) is 5.24. The van der Waals surface area contributed by atoms with Crippen molar-refractivity contribution in [1.29, 1.82) is 0 Å². The number of carbonyl (C=O) groups is 2. The molecule has 8 nitrogen and oxygen atoms in total. The molecule has 1 saturated heterocycles. The molecule has 1 atom stereocenters. The first kappa shape index (κ1) is 19.6. The van der Waals surface area contributed by atoms with Crippen LogP contribution in [-0.2, 0) is 16.1 Å². The maximum absolute atomic E-state index is 12.8. The molecule has 1 fully saturated rings. The van der Waals surface area contributed by atoms with Crippen molar-refractivity contribution in [1.82, 2.24) is 14.5 Å². The van der Waals surface area contributed by atoms with Crippen LogP contribution in [0.1, 0.15) is 6.92 Å². The maximum atomic E-state index is 12.8. The first-order chi connectivity index (χ1) is 14.5. The van der Waals surface area contributed by atoms with Gasteiger partial charge in [0, 0.05) is 18.3 Å². The number of amides is 2. The molecule has 154 valence electrons. The molecule has 2 heterocycles.